The van der Waals surface area contributed by atoms with Gasteiger partial charge in [0.05, 0.1) is 19.6 Å². The summed E-state index contributed by atoms with van der Waals surface area (Å²) in [4.78, 5) is 11.8. The first-order chi connectivity index (χ1) is 8.54. The van der Waals surface area contributed by atoms with Crippen LogP contribution in [0.1, 0.15) is 29.5 Å². The van der Waals surface area contributed by atoms with Crippen molar-refractivity contribution < 1.29 is 14.3 Å². The first kappa shape index (κ1) is 12.9. The maximum Gasteiger partial charge on any atom is 0.312 e. The molecular weight excluding hydrogens is 228 g/mol. The largest absolute Gasteiger partial charge is 0.496 e. The fourth-order valence-electron chi connectivity index (χ4n) is 2.45. The lowest BCUT2D eigenvalue weighted by atomic mass is 9.91. The number of hydrogen-bond donors (Lipinski definition) is 0. The first-order valence-electron chi connectivity index (χ1n) is 6.25. The van der Waals surface area contributed by atoms with Crippen molar-refractivity contribution in [3.63, 3.8) is 0 Å². The number of esters is 1. The van der Waals surface area contributed by atoms with Gasteiger partial charge in [-0.15, -0.1) is 0 Å². The molecule has 0 amide bonds. The number of hydrogen-bond acceptors (Lipinski definition) is 3. The minimum absolute atomic E-state index is 0.0737. The molecule has 1 aliphatic carbocycles. The quantitative estimate of drug-likeness (QED) is 0.769. The van der Waals surface area contributed by atoms with E-state index in [9.17, 15) is 4.79 Å². The van der Waals surface area contributed by atoms with Crippen LogP contribution in [0.3, 0.4) is 0 Å². The summed E-state index contributed by atoms with van der Waals surface area (Å²) in [6.07, 6.45) is 2.64. The first-order valence-corrected chi connectivity index (χ1v) is 6.25. The summed E-state index contributed by atoms with van der Waals surface area (Å²) in [6, 6.07) is 4.04. The topological polar surface area (TPSA) is 35.5 Å². The van der Waals surface area contributed by atoms with Crippen LogP contribution in [0.15, 0.2) is 12.1 Å². The summed E-state index contributed by atoms with van der Waals surface area (Å²) >= 11 is 0. The van der Waals surface area contributed by atoms with E-state index in [4.69, 9.17) is 9.47 Å². The van der Waals surface area contributed by atoms with Gasteiger partial charge in [-0.2, -0.15) is 0 Å². The van der Waals surface area contributed by atoms with Crippen LogP contribution in [0.4, 0.5) is 0 Å². The average molecular weight is 248 g/mol. The van der Waals surface area contributed by atoms with E-state index in [0.717, 1.165) is 30.6 Å². The van der Waals surface area contributed by atoms with Crippen molar-refractivity contribution in [3.8, 4) is 5.75 Å². The molecule has 0 bridgehead atoms. The highest BCUT2D eigenvalue weighted by Gasteiger charge is 2.51. The lowest BCUT2D eigenvalue weighted by Crippen LogP contribution is -2.20. The summed E-state index contributed by atoms with van der Waals surface area (Å²) < 4.78 is 10.2. The third kappa shape index (κ3) is 2.09. The maximum absolute atomic E-state index is 11.8. The third-order valence-electron chi connectivity index (χ3n) is 4.07. The molecule has 3 nitrogen and oxygen atoms in total. The van der Waals surface area contributed by atoms with Crippen LogP contribution in [0.5, 0.6) is 5.75 Å². The van der Waals surface area contributed by atoms with Crippen LogP contribution >= 0.6 is 0 Å². The SMILES string of the molecule is COC(=O)C1(Cc2ccc(OC)c(C)c2C)CC1. The molecule has 2 rings (SSSR count). The van der Waals surface area contributed by atoms with Gasteiger partial charge >= 0.3 is 5.97 Å². The van der Waals surface area contributed by atoms with Crippen molar-refractivity contribution in [1.29, 1.82) is 0 Å². The van der Waals surface area contributed by atoms with E-state index in [1.807, 2.05) is 6.07 Å². The van der Waals surface area contributed by atoms with E-state index in [1.165, 1.54) is 18.2 Å². The zero-order chi connectivity index (χ0) is 13.3. The number of rotatable bonds is 4. The Morgan fingerprint density at radius 1 is 1.22 bits per heavy atom. The molecule has 3 heteroatoms. The minimum atomic E-state index is -0.263. The van der Waals surface area contributed by atoms with Crippen LogP contribution in [-0.2, 0) is 16.0 Å². The molecule has 0 radical (unpaired) electrons. The minimum Gasteiger partial charge on any atom is -0.496 e. The monoisotopic (exact) mass is 248 g/mol. The van der Waals surface area contributed by atoms with Gasteiger partial charge in [0, 0.05) is 0 Å². The Morgan fingerprint density at radius 2 is 1.89 bits per heavy atom. The standard InChI is InChI=1S/C15H20O3/c1-10-11(2)13(17-3)6-5-12(10)9-15(7-8-15)14(16)18-4/h5-6H,7-9H2,1-4H3. The molecule has 1 aromatic carbocycles. The molecule has 18 heavy (non-hydrogen) atoms. The molecule has 0 atom stereocenters. The zero-order valence-electron chi connectivity index (χ0n) is 11.5. The molecule has 0 saturated heterocycles. The number of carbonyl (C=O) groups excluding carboxylic acids is 1. The highest BCUT2D eigenvalue weighted by molar-refractivity contribution is 5.80. The summed E-state index contributed by atoms with van der Waals surface area (Å²) in [6.45, 7) is 4.13. The predicted octanol–water partition coefficient (Wildman–Crippen LogP) is 2.81. The van der Waals surface area contributed by atoms with E-state index >= 15 is 0 Å². The second-order valence-corrected chi connectivity index (χ2v) is 5.13. The van der Waals surface area contributed by atoms with Gasteiger partial charge in [0.25, 0.3) is 0 Å². The van der Waals surface area contributed by atoms with E-state index < -0.39 is 0 Å². The summed E-state index contributed by atoms with van der Waals surface area (Å²) in [5, 5.41) is 0. The lowest BCUT2D eigenvalue weighted by Gasteiger charge is -2.17. The van der Waals surface area contributed by atoms with Gasteiger partial charge in [-0.05, 0) is 55.9 Å². The molecule has 1 saturated carbocycles. The second kappa shape index (κ2) is 4.63. The normalized spacial score (nSPS) is 16.2. The Balaban J connectivity index is 2.26. The summed E-state index contributed by atoms with van der Waals surface area (Å²) in [7, 11) is 3.15. The van der Waals surface area contributed by atoms with Gasteiger partial charge in [-0.25, -0.2) is 0 Å². The molecule has 1 fully saturated rings. The second-order valence-electron chi connectivity index (χ2n) is 5.13. The van der Waals surface area contributed by atoms with Crippen LogP contribution in [0.25, 0.3) is 0 Å². The number of benzene rings is 1. The Hall–Kier alpha value is -1.51. The number of carbonyl (C=O) groups is 1. The molecule has 0 aromatic heterocycles. The van der Waals surface area contributed by atoms with Crippen LogP contribution < -0.4 is 4.74 Å². The van der Waals surface area contributed by atoms with Crippen molar-refractivity contribution in [1.82, 2.24) is 0 Å². The van der Waals surface area contributed by atoms with Crippen LogP contribution in [0, 0.1) is 19.3 Å². The van der Waals surface area contributed by atoms with E-state index in [1.54, 1.807) is 7.11 Å². The predicted molar refractivity (Wildman–Crippen MR) is 69.9 cm³/mol. The molecule has 0 N–H and O–H groups in total. The number of methoxy groups -OCH3 is 2. The van der Waals surface area contributed by atoms with Crippen molar-refractivity contribution >= 4 is 5.97 Å². The van der Waals surface area contributed by atoms with Crippen molar-refractivity contribution in [2.24, 2.45) is 5.41 Å². The molecule has 1 aliphatic rings. The molecular formula is C15H20O3. The summed E-state index contributed by atoms with van der Waals surface area (Å²) in [5.41, 5.74) is 3.32. The van der Waals surface area contributed by atoms with Gasteiger partial charge in [-0.3, -0.25) is 4.79 Å². The molecule has 0 unspecified atom stereocenters. The fourth-order valence-corrected chi connectivity index (χ4v) is 2.45. The fraction of sp³-hybridized carbons (Fsp3) is 0.533. The Bertz CT molecular complexity index is 473. The van der Waals surface area contributed by atoms with Crippen molar-refractivity contribution in [2.45, 2.75) is 33.1 Å². The Morgan fingerprint density at radius 3 is 2.39 bits per heavy atom. The van der Waals surface area contributed by atoms with E-state index in [0.29, 0.717) is 0 Å². The zero-order valence-corrected chi connectivity index (χ0v) is 11.5. The molecule has 0 aliphatic heterocycles. The smallest absolute Gasteiger partial charge is 0.312 e. The maximum atomic E-state index is 11.8. The number of ether oxygens (including phenoxy) is 2. The van der Waals surface area contributed by atoms with Crippen LogP contribution in [0.2, 0.25) is 0 Å². The van der Waals surface area contributed by atoms with Gasteiger partial charge in [0.1, 0.15) is 5.75 Å². The molecule has 0 heterocycles. The Kier molecular flexibility index (Phi) is 3.33. The van der Waals surface area contributed by atoms with Crippen LogP contribution in [-0.4, -0.2) is 20.2 Å². The van der Waals surface area contributed by atoms with Gasteiger partial charge in [0.2, 0.25) is 0 Å². The van der Waals surface area contributed by atoms with Crippen molar-refractivity contribution in [3.05, 3.63) is 28.8 Å². The highest BCUT2D eigenvalue weighted by atomic mass is 16.5. The van der Waals surface area contributed by atoms with E-state index in [-0.39, 0.29) is 11.4 Å². The molecule has 0 spiro atoms. The van der Waals surface area contributed by atoms with Gasteiger partial charge < -0.3 is 9.47 Å². The molecule has 98 valence electrons. The lowest BCUT2D eigenvalue weighted by molar-refractivity contribution is -0.147. The Labute approximate surface area is 108 Å². The highest BCUT2D eigenvalue weighted by Crippen LogP contribution is 2.50. The summed E-state index contributed by atoms with van der Waals surface area (Å²) in [5.74, 6) is 0.828. The third-order valence-corrected chi connectivity index (χ3v) is 4.07. The van der Waals surface area contributed by atoms with Crippen molar-refractivity contribution in [2.75, 3.05) is 14.2 Å². The molecule has 1 aromatic rings. The van der Waals surface area contributed by atoms with Gasteiger partial charge in [-0.1, -0.05) is 6.07 Å². The van der Waals surface area contributed by atoms with E-state index in [2.05, 4.69) is 19.9 Å². The average Bonchev–Trinajstić information content (AvgIpc) is 3.15. The van der Waals surface area contributed by atoms with Gasteiger partial charge in [0.15, 0.2) is 0 Å².